The zero-order chi connectivity index (χ0) is 19.0. The normalized spacial score (nSPS) is 18.1. The second kappa shape index (κ2) is 7.54. The molecule has 2 aliphatic heterocycles. The van der Waals surface area contributed by atoms with Gasteiger partial charge in [0.05, 0.1) is 4.90 Å². The van der Waals surface area contributed by atoms with Crippen molar-refractivity contribution >= 4 is 44.8 Å². The third-order valence-corrected chi connectivity index (χ3v) is 8.22. The first kappa shape index (κ1) is 18.9. The molecule has 27 heavy (non-hydrogen) atoms. The summed E-state index contributed by atoms with van der Waals surface area (Å²) in [5, 5.41) is 3.99. The molecule has 0 aliphatic carbocycles. The van der Waals surface area contributed by atoms with E-state index in [0.717, 1.165) is 34.1 Å². The van der Waals surface area contributed by atoms with Crippen LogP contribution in [0.5, 0.6) is 0 Å². The molecule has 0 amide bonds. The fraction of sp³-hybridized carbons (Fsp3) is 0.368. The summed E-state index contributed by atoms with van der Waals surface area (Å²) in [7, 11) is -3.49. The Bertz CT molecular complexity index is 957. The lowest BCUT2D eigenvalue weighted by Gasteiger charge is -2.36. The van der Waals surface area contributed by atoms with Gasteiger partial charge < -0.3 is 10.2 Å². The van der Waals surface area contributed by atoms with Crippen molar-refractivity contribution in [2.24, 2.45) is 0 Å². The molecule has 0 unspecified atom stereocenters. The molecule has 1 saturated heterocycles. The average Bonchev–Trinajstić information content (AvgIpc) is 2.69. The summed E-state index contributed by atoms with van der Waals surface area (Å²) in [6.07, 6.45) is 0. The van der Waals surface area contributed by atoms with E-state index in [4.69, 9.17) is 11.6 Å². The maximum atomic E-state index is 13.1. The highest BCUT2D eigenvalue weighted by atomic mass is 35.5. The van der Waals surface area contributed by atoms with Crippen molar-refractivity contribution in [2.45, 2.75) is 16.7 Å². The zero-order valence-electron chi connectivity index (χ0n) is 15.1. The van der Waals surface area contributed by atoms with Crippen LogP contribution in [-0.2, 0) is 10.0 Å². The number of sulfonamides is 1. The first-order valence-electron chi connectivity index (χ1n) is 8.97. The van der Waals surface area contributed by atoms with Gasteiger partial charge in [0.25, 0.3) is 0 Å². The molecule has 0 bridgehead atoms. The molecule has 1 N–H and O–H groups in total. The van der Waals surface area contributed by atoms with Crippen molar-refractivity contribution in [3.8, 4) is 0 Å². The lowest BCUT2D eigenvalue weighted by Crippen LogP contribution is -2.48. The summed E-state index contributed by atoms with van der Waals surface area (Å²) in [5.74, 6) is 1.00. The second-order valence-corrected chi connectivity index (χ2v) is 10.3. The molecule has 0 aromatic heterocycles. The molecule has 0 saturated carbocycles. The van der Waals surface area contributed by atoms with Crippen LogP contribution in [0.1, 0.15) is 5.56 Å². The summed E-state index contributed by atoms with van der Waals surface area (Å²) in [5.41, 5.74) is 3.14. The van der Waals surface area contributed by atoms with Gasteiger partial charge in [0.15, 0.2) is 0 Å². The first-order chi connectivity index (χ1) is 12.9. The minimum atomic E-state index is -3.49. The molecule has 5 nitrogen and oxygen atoms in total. The zero-order valence-corrected chi connectivity index (χ0v) is 17.5. The number of rotatable bonds is 3. The lowest BCUT2D eigenvalue weighted by atomic mass is 10.1. The molecule has 0 atom stereocenters. The highest BCUT2D eigenvalue weighted by Gasteiger charge is 2.29. The van der Waals surface area contributed by atoms with Gasteiger partial charge in [0, 0.05) is 59.8 Å². The van der Waals surface area contributed by atoms with Crippen LogP contribution in [0.25, 0.3) is 0 Å². The Hall–Kier alpha value is -1.41. The summed E-state index contributed by atoms with van der Waals surface area (Å²) in [4.78, 5) is 3.68. The largest absolute Gasteiger partial charge is 0.383 e. The molecule has 144 valence electrons. The molecular formula is C19H22ClN3O2S2. The van der Waals surface area contributed by atoms with E-state index in [1.54, 1.807) is 28.2 Å². The molecule has 2 heterocycles. The number of nitrogens with zero attached hydrogens (tertiary/aromatic N) is 2. The van der Waals surface area contributed by atoms with Crippen LogP contribution in [0.4, 0.5) is 11.4 Å². The molecule has 8 heteroatoms. The minimum Gasteiger partial charge on any atom is -0.383 e. The smallest absolute Gasteiger partial charge is 0.243 e. The molecule has 4 rings (SSSR count). The highest BCUT2D eigenvalue weighted by Crippen LogP contribution is 2.34. The summed E-state index contributed by atoms with van der Waals surface area (Å²) in [6.45, 7) is 5.14. The molecular weight excluding hydrogens is 402 g/mol. The second-order valence-electron chi connectivity index (χ2n) is 6.76. The molecule has 2 aromatic rings. The molecule has 0 radical (unpaired) electrons. The summed E-state index contributed by atoms with van der Waals surface area (Å²) in [6, 6.07) is 11.2. The van der Waals surface area contributed by atoms with Gasteiger partial charge in [0.1, 0.15) is 0 Å². The maximum Gasteiger partial charge on any atom is 0.243 e. The van der Waals surface area contributed by atoms with Crippen LogP contribution in [-0.4, -0.2) is 51.2 Å². The fourth-order valence-electron chi connectivity index (χ4n) is 3.52. The number of piperazine rings is 1. The predicted octanol–water partition coefficient (Wildman–Crippen LogP) is 3.68. The van der Waals surface area contributed by atoms with E-state index in [2.05, 4.69) is 10.2 Å². The van der Waals surface area contributed by atoms with Gasteiger partial charge in [-0.2, -0.15) is 4.31 Å². The molecule has 1 fully saturated rings. The summed E-state index contributed by atoms with van der Waals surface area (Å²) < 4.78 is 27.8. The van der Waals surface area contributed by atoms with E-state index in [0.29, 0.717) is 36.1 Å². The lowest BCUT2D eigenvalue weighted by molar-refractivity contribution is 0.384. The van der Waals surface area contributed by atoms with Gasteiger partial charge in [-0.05, 0) is 42.8 Å². The fourth-order valence-corrected chi connectivity index (χ4v) is 6.01. The third kappa shape index (κ3) is 3.78. The number of fused-ring (bicyclic) bond motifs is 1. The standard InChI is InChI=1S/C19H22ClN3O2S2/c1-14-2-3-15(20)12-18(14)22-7-9-23(10-8-22)27(24,25)16-4-5-19-17(13-16)21-6-11-26-19/h2-5,12-13,21H,6-11H2,1H3. The van der Waals surface area contributed by atoms with Gasteiger partial charge >= 0.3 is 0 Å². The molecule has 2 aliphatic rings. The van der Waals surface area contributed by atoms with E-state index in [1.807, 2.05) is 31.2 Å². The van der Waals surface area contributed by atoms with Crippen molar-refractivity contribution in [3.63, 3.8) is 0 Å². The quantitative estimate of drug-likeness (QED) is 0.816. The Morgan fingerprint density at radius 2 is 1.85 bits per heavy atom. The first-order valence-corrected chi connectivity index (χ1v) is 11.8. The third-order valence-electron chi connectivity index (χ3n) is 5.01. The van der Waals surface area contributed by atoms with Crippen LogP contribution >= 0.6 is 23.4 Å². The van der Waals surface area contributed by atoms with Gasteiger partial charge in [-0.25, -0.2) is 8.42 Å². The van der Waals surface area contributed by atoms with E-state index in [1.165, 1.54) is 0 Å². The van der Waals surface area contributed by atoms with Crippen LogP contribution in [0.3, 0.4) is 0 Å². The Labute approximate surface area is 169 Å². The Morgan fingerprint density at radius 1 is 1.07 bits per heavy atom. The number of halogens is 1. The van der Waals surface area contributed by atoms with Crippen LogP contribution in [0.2, 0.25) is 5.02 Å². The number of hydrogen-bond acceptors (Lipinski definition) is 5. The number of aryl methyl sites for hydroxylation is 1. The molecule has 0 spiro atoms. The summed E-state index contributed by atoms with van der Waals surface area (Å²) >= 11 is 7.89. The monoisotopic (exact) mass is 423 g/mol. The van der Waals surface area contributed by atoms with Crippen molar-refractivity contribution in [2.75, 3.05) is 48.7 Å². The Kier molecular flexibility index (Phi) is 5.29. The Morgan fingerprint density at radius 3 is 2.63 bits per heavy atom. The van der Waals surface area contributed by atoms with Crippen LogP contribution in [0, 0.1) is 6.92 Å². The number of thioether (sulfide) groups is 1. The number of nitrogens with one attached hydrogen (secondary N) is 1. The average molecular weight is 424 g/mol. The van der Waals surface area contributed by atoms with E-state index in [-0.39, 0.29) is 0 Å². The van der Waals surface area contributed by atoms with Crippen LogP contribution in [0.15, 0.2) is 46.2 Å². The van der Waals surface area contributed by atoms with Crippen molar-refractivity contribution in [1.82, 2.24) is 4.31 Å². The van der Waals surface area contributed by atoms with Gasteiger partial charge in [-0.1, -0.05) is 17.7 Å². The van der Waals surface area contributed by atoms with E-state index in [9.17, 15) is 8.42 Å². The van der Waals surface area contributed by atoms with E-state index >= 15 is 0 Å². The number of anilines is 2. The van der Waals surface area contributed by atoms with Crippen molar-refractivity contribution in [1.29, 1.82) is 0 Å². The minimum absolute atomic E-state index is 0.364. The maximum absolute atomic E-state index is 13.1. The van der Waals surface area contributed by atoms with Gasteiger partial charge in [-0.15, -0.1) is 11.8 Å². The van der Waals surface area contributed by atoms with Crippen molar-refractivity contribution < 1.29 is 8.42 Å². The number of hydrogen-bond donors (Lipinski definition) is 1. The van der Waals surface area contributed by atoms with Crippen molar-refractivity contribution in [3.05, 3.63) is 47.0 Å². The van der Waals surface area contributed by atoms with E-state index < -0.39 is 10.0 Å². The van der Waals surface area contributed by atoms with Crippen LogP contribution < -0.4 is 10.2 Å². The topological polar surface area (TPSA) is 52.7 Å². The molecule has 2 aromatic carbocycles. The van der Waals surface area contributed by atoms with Gasteiger partial charge in [0.2, 0.25) is 10.0 Å². The SMILES string of the molecule is Cc1ccc(Cl)cc1N1CCN(S(=O)(=O)c2ccc3c(c2)NCCS3)CC1. The Balaban J connectivity index is 1.51. The highest BCUT2D eigenvalue weighted by molar-refractivity contribution is 7.99. The predicted molar refractivity (Wildman–Crippen MR) is 113 cm³/mol. The van der Waals surface area contributed by atoms with Gasteiger partial charge in [-0.3, -0.25) is 0 Å². The number of benzene rings is 2.